The number of benzene rings is 1. The number of aryl methyl sites for hydroxylation is 3. The Bertz CT molecular complexity index is 632. The average Bonchev–Trinajstić information content (AvgIpc) is 2.76. The third kappa shape index (κ3) is 2.99. The zero-order valence-electron chi connectivity index (χ0n) is 12.1. The van der Waals surface area contributed by atoms with Gasteiger partial charge in [-0.05, 0) is 44.5 Å². The molecule has 0 amide bonds. The van der Waals surface area contributed by atoms with E-state index in [-0.39, 0.29) is 12.5 Å². The molecule has 0 spiro atoms. The lowest BCUT2D eigenvalue weighted by molar-refractivity contribution is 0.0816. The minimum Gasteiger partial charge on any atom is -0.493 e. The van der Waals surface area contributed by atoms with Crippen LogP contribution in [0.15, 0.2) is 24.3 Å². The normalized spacial score (nSPS) is 10.4. The van der Waals surface area contributed by atoms with Crippen molar-refractivity contribution in [3.8, 4) is 11.5 Å². The van der Waals surface area contributed by atoms with Crippen LogP contribution in [0.2, 0.25) is 0 Å². The van der Waals surface area contributed by atoms with Gasteiger partial charge in [0.15, 0.2) is 18.1 Å². The fourth-order valence-electron chi connectivity index (χ4n) is 1.98. The molecule has 2 rings (SSSR count). The third-order valence-corrected chi connectivity index (χ3v) is 2.92. The molecule has 5 heteroatoms. The summed E-state index contributed by atoms with van der Waals surface area (Å²) >= 11 is 0. The predicted octanol–water partition coefficient (Wildman–Crippen LogP) is 2.54. The van der Waals surface area contributed by atoms with Crippen LogP contribution < -0.4 is 9.47 Å². The first-order chi connectivity index (χ1) is 9.51. The quantitative estimate of drug-likeness (QED) is 0.859. The van der Waals surface area contributed by atoms with Gasteiger partial charge in [0, 0.05) is 5.69 Å². The fourth-order valence-corrected chi connectivity index (χ4v) is 1.98. The van der Waals surface area contributed by atoms with Gasteiger partial charge in [-0.2, -0.15) is 5.10 Å². The summed E-state index contributed by atoms with van der Waals surface area (Å²) in [6, 6.07) is 7.42. The third-order valence-electron chi connectivity index (χ3n) is 2.92. The predicted molar refractivity (Wildman–Crippen MR) is 75.6 cm³/mol. The van der Waals surface area contributed by atoms with Crippen LogP contribution in [0, 0.1) is 20.8 Å². The number of hydrogen-bond donors (Lipinski definition) is 0. The lowest BCUT2D eigenvalue weighted by atomic mass is 10.2. The second kappa shape index (κ2) is 5.77. The molecule has 5 nitrogen and oxygen atoms in total. The van der Waals surface area contributed by atoms with Crippen molar-refractivity contribution >= 4 is 5.91 Å². The first-order valence-electron chi connectivity index (χ1n) is 6.35. The van der Waals surface area contributed by atoms with E-state index in [9.17, 15) is 4.79 Å². The van der Waals surface area contributed by atoms with Crippen molar-refractivity contribution in [1.29, 1.82) is 0 Å². The van der Waals surface area contributed by atoms with Crippen LogP contribution in [0.3, 0.4) is 0 Å². The molecule has 0 atom stereocenters. The molecule has 0 bridgehead atoms. The summed E-state index contributed by atoms with van der Waals surface area (Å²) in [7, 11) is 1.57. The van der Waals surface area contributed by atoms with Gasteiger partial charge in [-0.1, -0.05) is 6.07 Å². The van der Waals surface area contributed by atoms with Crippen molar-refractivity contribution in [2.75, 3.05) is 13.7 Å². The van der Waals surface area contributed by atoms with E-state index < -0.39 is 0 Å². The Morgan fingerprint density at radius 2 is 1.95 bits per heavy atom. The summed E-state index contributed by atoms with van der Waals surface area (Å²) in [5.74, 6) is 0.956. The first-order valence-corrected chi connectivity index (χ1v) is 6.35. The van der Waals surface area contributed by atoms with Gasteiger partial charge in [-0.25, -0.2) is 4.68 Å². The average molecular weight is 274 g/mol. The van der Waals surface area contributed by atoms with Gasteiger partial charge in [0.05, 0.1) is 12.8 Å². The van der Waals surface area contributed by atoms with E-state index >= 15 is 0 Å². The first kappa shape index (κ1) is 14.1. The molecule has 0 unspecified atom stereocenters. The Labute approximate surface area is 118 Å². The van der Waals surface area contributed by atoms with Crippen molar-refractivity contribution < 1.29 is 14.3 Å². The van der Waals surface area contributed by atoms with E-state index in [1.807, 2.05) is 39.0 Å². The van der Waals surface area contributed by atoms with Crippen LogP contribution in [-0.4, -0.2) is 29.4 Å². The maximum absolute atomic E-state index is 12.1. The van der Waals surface area contributed by atoms with Gasteiger partial charge in [-0.15, -0.1) is 0 Å². The maximum atomic E-state index is 12.1. The highest BCUT2D eigenvalue weighted by Crippen LogP contribution is 2.27. The van der Waals surface area contributed by atoms with E-state index in [1.165, 1.54) is 4.68 Å². The topological polar surface area (TPSA) is 53.4 Å². The smallest absolute Gasteiger partial charge is 0.284 e. The zero-order valence-corrected chi connectivity index (χ0v) is 12.1. The minimum absolute atomic E-state index is 0.0820. The van der Waals surface area contributed by atoms with Crippen molar-refractivity contribution in [3.05, 3.63) is 41.2 Å². The largest absolute Gasteiger partial charge is 0.493 e. The molecule has 20 heavy (non-hydrogen) atoms. The van der Waals surface area contributed by atoms with Crippen molar-refractivity contribution in [2.24, 2.45) is 0 Å². The maximum Gasteiger partial charge on any atom is 0.284 e. The highest BCUT2D eigenvalue weighted by atomic mass is 16.5. The number of aromatic nitrogens is 2. The Morgan fingerprint density at radius 1 is 1.20 bits per heavy atom. The Hall–Kier alpha value is -2.30. The van der Waals surface area contributed by atoms with Crippen LogP contribution in [0.4, 0.5) is 0 Å². The molecule has 0 saturated carbocycles. The van der Waals surface area contributed by atoms with Gasteiger partial charge in [0.1, 0.15) is 0 Å². The second-order valence-electron chi connectivity index (χ2n) is 4.68. The number of hydrogen-bond acceptors (Lipinski definition) is 4. The number of carbonyl (C=O) groups excluding carboxylic acids is 1. The van der Waals surface area contributed by atoms with E-state index in [0.717, 1.165) is 17.0 Å². The highest BCUT2D eigenvalue weighted by molar-refractivity contribution is 5.80. The molecular weight excluding hydrogens is 256 g/mol. The molecule has 0 N–H and O–H groups in total. The van der Waals surface area contributed by atoms with Crippen LogP contribution in [0.5, 0.6) is 11.5 Å². The molecule has 0 radical (unpaired) electrons. The van der Waals surface area contributed by atoms with Crippen LogP contribution in [-0.2, 0) is 0 Å². The summed E-state index contributed by atoms with van der Waals surface area (Å²) in [6.45, 7) is 5.57. The molecule has 1 heterocycles. The second-order valence-corrected chi connectivity index (χ2v) is 4.68. The van der Waals surface area contributed by atoms with Crippen LogP contribution in [0.1, 0.15) is 21.7 Å². The van der Waals surface area contributed by atoms with E-state index in [0.29, 0.717) is 11.5 Å². The summed E-state index contributed by atoms with van der Waals surface area (Å²) in [6.07, 6.45) is 0. The van der Waals surface area contributed by atoms with Crippen molar-refractivity contribution in [1.82, 2.24) is 9.78 Å². The van der Waals surface area contributed by atoms with Crippen molar-refractivity contribution in [2.45, 2.75) is 20.8 Å². The number of carbonyl (C=O) groups is 1. The van der Waals surface area contributed by atoms with E-state index in [1.54, 1.807) is 13.2 Å². The molecule has 0 aliphatic rings. The molecule has 106 valence electrons. The van der Waals surface area contributed by atoms with Gasteiger partial charge in [-0.3, -0.25) is 4.79 Å². The molecule has 0 fully saturated rings. The number of ether oxygens (including phenoxy) is 2. The molecule has 0 saturated heterocycles. The van der Waals surface area contributed by atoms with E-state index in [4.69, 9.17) is 9.47 Å². The van der Waals surface area contributed by atoms with Gasteiger partial charge in [0.2, 0.25) is 0 Å². The van der Waals surface area contributed by atoms with Crippen LogP contribution >= 0.6 is 0 Å². The number of methoxy groups -OCH3 is 1. The van der Waals surface area contributed by atoms with E-state index in [2.05, 4.69) is 5.10 Å². The van der Waals surface area contributed by atoms with Gasteiger partial charge >= 0.3 is 0 Å². The fraction of sp³-hybridized carbons (Fsp3) is 0.333. The summed E-state index contributed by atoms with van der Waals surface area (Å²) < 4.78 is 12.1. The lowest BCUT2D eigenvalue weighted by Gasteiger charge is -2.11. The Kier molecular flexibility index (Phi) is 4.08. The minimum atomic E-state index is -0.210. The Balaban J connectivity index is 2.09. The zero-order chi connectivity index (χ0) is 14.7. The van der Waals surface area contributed by atoms with Gasteiger partial charge in [0.25, 0.3) is 5.91 Å². The van der Waals surface area contributed by atoms with Crippen LogP contribution in [0.25, 0.3) is 0 Å². The summed E-state index contributed by atoms with van der Waals surface area (Å²) in [5.41, 5.74) is 2.68. The number of rotatable bonds is 4. The molecular formula is C15H18N2O3. The Morgan fingerprint density at radius 3 is 2.55 bits per heavy atom. The molecule has 0 aliphatic heterocycles. The highest BCUT2D eigenvalue weighted by Gasteiger charge is 2.12. The molecule has 2 aromatic rings. The monoisotopic (exact) mass is 274 g/mol. The number of nitrogens with zero attached hydrogens (tertiary/aromatic N) is 2. The van der Waals surface area contributed by atoms with Crippen molar-refractivity contribution in [3.63, 3.8) is 0 Å². The van der Waals surface area contributed by atoms with Gasteiger partial charge < -0.3 is 9.47 Å². The molecule has 1 aromatic carbocycles. The lowest BCUT2D eigenvalue weighted by Crippen LogP contribution is -2.21. The summed E-state index contributed by atoms with van der Waals surface area (Å²) in [5, 5.41) is 4.14. The summed E-state index contributed by atoms with van der Waals surface area (Å²) in [4.78, 5) is 12.1. The molecule has 0 aliphatic carbocycles. The SMILES string of the molecule is COc1cc(C)ccc1OCC(=O)n1nc(C)cc1C. The molecule has 1 aromatic heterocycles. The standard InChI is InChI=1S/C15H18N2O3/c1-10-5-6-13(14(7-10)19-4)20-9-15(18)17-12(3)8-11(2)16-17/h5-8H,9H2,1-4H3.